The second-order valence-corrected chi connectivity index (χ2v) is 8.87. The maximum absolute atomic E-state index is 6.73. The molecule has 0 radical (unpaired) electrons. The van der Waals surface area contributed by atoms with Gasteiger partial charge in [0.2, 0.25) is 5.79 Å². The first-order chi connectivity index (χ1) is 12.6. The molecule has 140 valence electrons. The van der Waals surface area contributed by atoms with Crippen LogP contribution in [0.15, 0.2) is 12.1 Å². The SMILES string of the molecule is COc1ccc2c3c1O[C@H]1C4(CCC5[C@@H](C2)N(C)CC[C@@]351)OCC(C)O4. The van der Waals surface area contributed by atoms with Crippen molar-refractivity contribution in [1.29, 1.82) is 0 Å². The molecule has 1 aromatic carbocycles. The number of hydrogen-bond acceptors (Lipinski definition) is 5. The molecule has 0 N–H and O–H groups in total. The van der Waals surface area contributed by atoms with Crippen LogP contribution < -0.4 is 9.47 Å². The van der Waals surface area contributed by atoms with E-state index in [-0.39, 0.29) is 17.6 Å². The summed E-state index contributed by atoms with van der Waals surface area (Å²) in [6, 6.07) is 4.91. The fourth-order valence-electron chi connectivity index (χ4n) is 6.79. The topological polar surface area (TPSA) is 40.2 Å². The van der Waals surface area contributed by atoms with Crippen LogP contribution in [0.3, 0.4) is 0 Å². The van der Waals surface area contributed by atoms with Crippen LogP contribution in [0.25, 0.3) is 0 Å². The van der Waals surface area contributed by atoms with Gasteiger partial charge in [0.15, 0.2) is 17.6 Å². The summed E-state index contributed by atoms with van der Waals surface area (Å²) in [5, 5.41) is 0. The summed E-state index contributed by atoms with van der Waals surface area (Å²) < 4.78 is 25.2. The minimum absolute atomic E-state index is 0.00303. The molecule has 3 unspecified atom stereocenters. The van der Waals surface area contributed by atoms with Gasteiger partial charge in [0.25, 0.3) is 0 Å². The van der Waals surface area contributed by atoms with Gasteiger partial charge in [0.05, 0.1) is 19.8 Å². The van der Waals surface area contributed by atoms with E-state index in [0.717, 1.165) is 43.7 Å². The quantitative estimate of drug-likeness (QED) is 0.772. The molecule has 6 atom stereocenters. The lowest BCUT2D eigenvalue weighted by Crippen LogP contribution is -2.70. The molecule has 0 aromatic heterocycles. The highest BCUT2D eigenvalue weighted by Gasteiger charge is 2.71. The Labute approximate surface area is 154 Å². The van der Waals surface area contributed by atoms with Crippen molar-refractivity contribution in [1.82, 2.24) is 4.90 Å². The summed E-state index contributed by atoms with van der Waals surface area (Å²) in [7, 11) is 4.02. The van der Waals surface area contributed by atoms with Crippen molar-refractivity contribution < 1.29 is 18.9 Å². The molecule has 3 aliphatic heterocycles. The van der Waals surface area contributed by atoms with E-state index in [9.17, 15) is 0 Å². The Morgan fingerprint density at radius 3 is 2.92 bits per heavy atom. The van der Waals surface area contributed by atoms with E-state index in [1.54, 1.807) is 7.11 Å². The molecule has 5 nitrogen and oxygen atoms in total. The van der Waals surface area contributed by atoms with E-state index in [4.69, 9.17) is 18.9 Å². The predicted molar refractivity (Wildman–Crippen MR) is 95.8 cm³/mol. The molecular weight excluding hydrogens is 330 g/mol. The first-order valence-corrected chi connectivity index (χ1v) is 9.98. The molecule has 2 bridgehead atoms. The van der Waals surface area contributed by atoms with Crippen LogP contribution in [-0.4, -0.2) is 56.2 Å². The first-order valence-electron chi connectivity index (χ1n) is 9.98. The zero-order valence-corrected chi connectivity index (χ0v) is 15.8. The molecule has 26 heavy (non-hydrogen) atoms. The fourth-order valence-corrected chi connectivity index (χ4v) is 6.79. The highest BCUT2D eigenvalue weighted by molar-refractivity contribution is 5.61. The number of methoxy groups -OCH3 is 1. The summed E-state index contributed by atoms with van der Waals surface area (Å²) in [5.41, 5.74) is 2.83. The van der Waals surface area contributed by atoms with Crippen LogP contribution >= 0.6 is 0 Å². The van der Waals surface area contributed by atoms with Crippen LogP contribution in [-0.2, 0) is 21.3 Å². The Bertz CT molecular complexity index is 782. The molecule has 2 aliphatic carbocycles. The Morgan fingerprint density at radius 2 is 2.15 bits per heavy atom. The van der Waals surface area contributed by atoms with Gasteiger partial charge in [-0.15, -0.1) is 0 Å². The first kappa shape index (κ1) is 15.7. The van der Waals surface area contributed by atoms with Gasteiger partial charge in [0.1, 0.15) is 0 Å². The molecule has 3 fully saturated rings. The average molecular weight is 357 g/mol. The third-order valence-electron chi connectivity index (χ3n) is 7.76. The van der Waals surface area contributed by atoms with Gasteiger partial charge in [-0.05, 0) is 57.3 Å². The lowest BCUT2D eigenvalue weighted by Gasteiger charge is -2.60. The number of piperidine rings is 1. The molecule has 1 saturated carbocycles. The van der Waals surface area contributed by atoms with E-state index < -0.39 is 5.79 Å². The van der Waals surface area contributed by atoms with Gasteiger partial charge < -0.3 is 23.8 Å². The maximum Gasteiger partial charge on any atom is 0.207 e. The largest absolute Gasteiger partial charge is 0.493 e. The predicted octanol–water partition coefficient (Wildman–Crippen LogP) is 2.50. The van der Waals surface area contributed by atoms with Gasteiger partial charge in [0, 0.05) is 23.4 Å². The van der Waals surface area contributed by atoms with Crippen LogP contribution in [0.2, 0.25) is 0 Å². The monoisotopic (exact) mass is 357 g/mol. The number of nitrogens with zero attached hydrogens (tertiary/aromatic N) is 1. The van der Waals surface area contributed by atoms with E-state index >= 15 is 0 Å². The lowest BCUT2D eigenvalue weighted by molar-refractivity contribution is -0.266. The van der Waals surface area contributed by atoms with Gasteiger partial charge >= 0.3 is 0 Å². The standard InChI is InChI=1S/C21H27NO4/c1-12-11-24-21(26-12)7-6-14-15-10-13-4-5-16(23-3)18-17(13)20(14,19(21)25-18)8-9-22(15)2/h4-5,12,14-15,19H,6-11H2,1-3H3/t12?,14?,15-,19-,20+,21?/m1/s1. The van der Waals surface area contributed by atoms with Crippen molar-refractivity contribution in [3.8, 4) is 11.5 Å². The number of fused-ring (bicyclic) bond motifs is 1. The highest BCUT2D eigenvalue weighted by Crippen LogP contribution is 2.66. The van der Waals surface area contributed by atoms with E-state index in [0.29, 0.717) is 18.6 Å². The number of ether oxygens (including phenoxy) is 4. The summed E-state index contributed by atoms with van der Waals surface area (Å²) in [5.74, 6) is 1.80. The Hall–Kier alpha value is -1.30. The zero-order chi connectivity index (χ0) is 17.7. The molecule has 5 heteroatoms. The van der Waals surface area contributed by atoms with Crippen LogP contribution in [0.4, 0.5) is 0 Å². The third-order valence-corrected chi connectivity index (χ3v) is 7.76. The van der Waals surface area contributed by atoms with Crippen molar-refractivity contribution in [2.24, 2.45) is 5.92 Å². The van der Waals surface area contributed by atoms with Crippen LogP contribution in [0.5, 0.6) is 11.5 Å². The van der Waals surface area contributed by atoms with Crippen molar-refractivity contribution in [2.75, 3.05) is 27.3 Å². The van der Waals surface area contributed by atoms with Gasteiger partial charge in [-0.3, -0.25) is 0 Å². The minimum Gasteiger partial charge on any atom is -0.493 e. The van der Waals surface area contributed by atoms with Crippen molar-refractivity contribution >= 4 is 0 Å². The number of hydrogen-bond donors (Lipinski definition) is 0. The molecule has 3 heterocycles. The summed E-state index contributed by atoms with van der Waals surface area (Å²) in [6.07, 6.45) is 4.33. The number of benzene rings is 1. The summed E-state index contributed by atoms with van der Waals surface area (Å²) in [4.78, 5) is 2.56. The second-order valence-electron chi connectivity index (χ2n) is 8.87. The number of likely N-dealkylation sites (tertiary alicyclic amines) is 1. The van der Waals surface area contributed by atoms with Gasteiger partial charge in [-0.2, -0.15) is 0 Å². The van der Waals surface area contributed by atoms with Gasteiger partial charge in [-0.1, -0.05) is 6.07 Å². The Morgan fingerprint density at radius 1 is 1.27 bits per heavy atom. The van der Waals surface area contributed by atoms with E-state index in [1.165, 1.54) is 11.1 Å². The van der Waals surface area contributed by atoms with E-state index in [1.807, 2.05) is 0 Å². The number of rotatable bonds is 1. The molecule has 1 aromatic rings. The van der Waals surface area contributed by atoms with Crippen molar-refractivity contribution in [3.05, 3.63) is 23.3 Å². The van der Waals surface area contributed by atoms with E-state index in [2.05, 4.69) is 31.0 Å². The smallest absolute Gasteiger partial charge is 0.207 e. The molecule has 0 amide bonds. The molecule has 5 aliphatic rings. The number of likely N-dealkylation sites (N-methyl/N-ethyl adjacent to an activating group) is 1. The minimum atomic E-state index is -0.602. The molecule has 2 saturated heterocycles. The van der Waals surface area contributed by atoms with Crippen molar-refractivity contribution in [3.63, 3.8) is 0 Å². The zero-order valence-electron chi connectivity index (χ0n) is 15.8. The van der Waals surface area contributed by atoms with Crippen LogP contribution in [0, 0.1) is 5.92 Å². The molecular formula is C21H27NO4. The Balaban J connectivity index is 1.60. The second kappa shape index (κ2) is 4.94. The maximum atomic E-state index is 6.73. The molecule has 6 rings (SSSR count). The average Bonchev–Trinajstić information content (AvgIpc) is 3.18. The summed E-state index contributed by atoms with van der Waals surface area (Å²) >= 11 is 0. The third kappa shape index (κ3) is 1.64. The highest BCUT2D eigenvalue weighted by atomic mass is 16.8. The summed E-state index contributed by atoms with van der Waals surface area (Å²) in [6.45, 7) is 3.86. The van der Waals surface area contributed by atoms with Crippen molar-refractivity contribution in [2.45, 2.75) is 62.1 Å². The fraction of sp³-hybridized carbons (Fsp3) is 0.714. The molecule has 2 spiro atoms. The lowest BCUT2D eigenvalue weighted by atomic mass is 9.50. The van der Waals surface area contributed by atoms with Crippen LogP contribution in [0.1, 0.15) is 37.3 Å². The normalized spacial score (nSPS) is 45.5. The Kier molecular flexibility index (Phi) is 2.99. The van der Waals surface area contributed by atoms with Gasteiger partial charge in [-0.25, -0.2) is 0 Å².